The van der Waals surface area contributed by atoms with E-state index in [1.165, 1.54) is 6.20 Å². The molecule has 0 amide bonds. The number of nitro groups is 1. The van der Waals surface area contributed by atoms with Crippen molar-refractivity contribution in [2.24, 2.45) is 5.73 Å². The highest BCUT2D eigenvalue weighted by atomic mass is 32.1. The molecule has 0 aliphatic carbocycles. The van der Waals surface area contributed by atoms with E-state index in [1.807, 2.05) is 0 Å². The van der Waals surface area contributed by atoms with E-state index in [2.05, 4.69) is 4.98 Å². The molecule has 1 aromatic rings. The largest absolute Gasteiger partial charge is 0.365 e. The molecule has 3 N–H and O–H groups in total. The normalized spacial score (nSPS) is 9.33. The number of hydrazine groups is 1. The molecule has 0 atom stereocenters. The average Bonchev–Trinajstić information content (AvgIpc) is 2.37. The Hall–Kier alpha value is -1.70. The average molecular weight is 187 g/mol. The highest BCUT2D eigenvalue weighted by molar-refractivity contribution is 7.13. The Morgan fingerprint density at radius 1 is 1.92 bits per heavy atom. The van der Waals surface area contributed by atoms with E-state index in [-0.39, 0.29) is 5.13 Å². The van der Waals surface area contributed by atoms with Crippen molar-refractivity contribution in [1.82, 2.24) is 4.98 Å². The summed E-state index contributed by atoms with van der Waals surface area (Å²) >= 11 is 1.04. The van der Waals surface area contributed by atoms with Gasteiger partial charge in [-0.05, 0) is 0 Å². The Morgan fingerprint density at radius 3 is 2.92 bits per heavy atom. The summed E-state index contributed by atoms with van der Waals surface area (Å²) in [5, 5.41) is 18.5. The molecule has 64 valence electrons. The summed E-state index contributed by atoms with van der Waals surface area (Å²) in [5.74, 6) is -0.657. The number of rotatable bonds is 2. The second-order valence-electron chi connectivity index (χ2n) is 1.75. The zero-order valence-corrected chi connectivity index (χ0v) is 6.61. The predicted octanol–water partition coefficient (Wildman–Crippen LogP) is 0.0347. The van der Waals surface area contributed by atoms with Crippen molar-refractivity contribution in [2.45, 2.75) is 0 Å². The van der Waals surface area contributed by atoms with Crippen molar-refractivity contribution >= 4 is 22.4 Å². The van der Waals surface area contributed by atoms with Crippen molar-refractivity contribution in [1.29, 1.82) is 5.41 Å². The Morgan fingerprint density at radius 2 is 2.58 bits per heavy atom. The second-order valence-corrected chi connectivity index (χ2v) is 2.62. The van der Waals surface area contributed by atoms with E-state index in [0.717, 1.165) is 11.3 Å². The van der Waals surface area contributed by atoms with Gasteiger partial charge >= 0.3 is 0 Å². The molecule has 7 nitrogen and oxygen atoms in total. The number of guanidine groups is 1. The molecule has 0 fully saturated rings. The molecular formula is C4H5N5O2S. The number of hydrogen-bond acceptors (Lipinski definition) is 5. The van der Waals surface area contributed by atoms with Gasteiger partial charge < -0.3 is 5.73 Å². The van der Waals surface area contributed by atoms with Crippen molar-refractivity contribution in [3.63, 3.8) is 0 Å². The van der Waals surface area contributed by atoms with Crippen LogP contribution in [0, 0.1) is 15.5 Å². The standard InChI is InChI=1S/C4H5N5O2S/c5-3(6)8(9(10)11)4-7-1-2-12-4/h1-2H,(H3,5,6). The van der Waals surface area contributed by atoms with Crippen molar-refractivity contribution in [3.8, 4) is 0 Å². The van der Waals surface area contributed by atoms with Crippen LogP contribution in [0.2, 0.25) is 0 Å². The molecule has 0 aliphatic heterocycles. The van der Waals surface area contributed by atoms with Crippen LogP contribution in [0.4, 0.5) is 5.13 Å². The van der Waals surface area contributed by atoms with Gasteiger partial charge in [-0.2, -0.15) is 0 Å². The number of thiazole rings is 1. The van der Waals surface area contributed by atoms with Crippen LogP contribution in [-0.2, 0) is 0 Å². The Labute approximate surface area is 71.1 Å². The minimum Gasteiger partial charge on any atom is -0.365 e. The zero-order chi connectivity index (χ0) is 9.14. The molecule has 0 bridgehead atoms. The molecule has 0 saturated carbocycles. The maximum Gasteiger partial charge on any atom is 0.261 e. The van der Waals surface area contributed by atoms with Crippen LogP contribution < -0.4 is 10.7 Å². The van der Waals surface area contributed by atoms with Gasteiger partial charge in [-0.25, -0.2) is 15.1 Å². The molecule has 0 radical (unpaired) electrons. The molecule has 0 aliphatic rings. The van der Waals surface area contributed by atoms with Gasteiger partial charge in [0.05, 0.1) is 0 Å². The summed E-state index contributed by atoms with van der Waals surface area (Å²) in [6.07, 6.45) is 1.40. The van der Waals surface area contributed by atoms with Crippen molar-refractivity contribution in [2.75, 3.05) is 5.01 Å². The number of hydrogen-bond donors (Lipinski definition) is 2. The molecule has 1 rings (SSSR count). The molecule has 0 unspecified atom stereocenters. The highest BCUT2D eigenvalue weighted by Gasteiger charge is 2.23. The molecule has 1 aromatic heterocycles. The third-order valence-corrected chi connectivity index (χ3v) is 1.74. The predicted molar refractivity (Wildman–Crippen MR) is 43.5 cm³/mol. The van der Waals surface area contributed by atoms with Crippen molar-refractivity contribution < 1.29 is 5.03 Å². The fourth-order valence-electron chi connectivity index (χ4n) is 0.581. The lowest BCUT2D eigenvalue weighted by Crippen LogP contribution is -2.40. The van der Waals surface area contributed by atoms with E-state index in [9.17, 15) is 10.1 Å². The van der Waals surface area contributed by atoms with Gasteiger partial charge in [0.2, 0.25) is 0 Å². The molecule has 1 heterocycles. The first-order chi connectivity index (χ1) is 5.63. The van der Waals surface area contributed by atoms with Gasteiger partial charge in [-0.3, -0.25) is 5.41 Å². The van der Waals surface area contributed by atoms with E-state index in [1.54, 1.807) is 5.38 Å². The summed E-state index contributed by atoms with van der Waals surface area (Å²) in [6.45, 7) is 0. The Balaban J connectivity index is 2.96. The minimum atomic E-state index is -0.791. The lowest BCUT2D eigenvalue weighted by Gasteiger charge is -2.06. The number of aromatic nitrogens is 1. The number of nitrogens with two attached hydrogens (primary N) is 1. The summed E-state index contributed by atoms with van der Waals surface area (Å²) in [7, 11) is 0. The third-order valence-electron chi connectivity index (χ3n) is 0.992. The maximum atomic E-state index is 10.3. The van der Waals surface area contributed by atoms with Crippen LogP contribution in [0.15, 0.2) is 11.6 Å². The lowest BCUT2D eigenvalue weighted by atomic mass is 10.9. The van der Waals surface area contributed by atoms with E-state index in [4.69, 9.17) is 11.1 Å². The third kappa shape index (κ3) is 1.48. The topological polar surface area (TPSA) is 109 Å². The van der Waals surface area contributed by atoms with Gasteiger partial charge in [0.15, 0.2) is 5.03 Å². The molecule has 8 heteroatoms. The molecule has 0 spiro atoms. The van der Waals surface area contributed by atoms with Gasteiger partial charge in [0.25, 0.3) is 11.1 Å². The fraction of sp³-hybridized carbons (Fsp3) is 0. The van der Waals surface area contributed by atoms with Crippen LogP contribution in [0.3, 0.4) is 0 Å². The number of nitrogens with zero attached hydrogens (tertiary/aromatic N) is 3. The van der Waals surface area contributed by atoms with Gasteiger partial charge in [0.1, 0.15) is 0 Å². The first kappa shape index (κ1) is 8.40. The highest BCUT2D eigenvalue weighted by Crippen LogP contribution is 2.16. The smallest absolute Gasteiger partial charge is 0.261 e. The Kier molecular flexibility index (Phi) is 2.19. The van der Waals surface area contributed by atoms with E-state index in [0.29, 0.717) is 5.01 Å². The summed E-state index contributed by atoms with van der Waals surface area (Å²) in [4.78, 5) is 14.0. The quantitative estimate of drug-likeness (QED) is 0.294. The zero-order valence-electron chi connectivity index (χ0n) is 5.80. The van der Waals surface area contributed by atoms with Crippen LogP contribution in [0.5, 0.6) is 0 Å². The summed E-state index contributed by atoms with van der Waals surface area (Å²) < 4.78 is 0. The Bertz CT molecular complexity index is 282. The van der Waals surface area contributed by atoms with Gasteiger partial charge in [0, 0.05) is 16.6 Å². The van der Waals surface area contributed by atoms with Gasteiger partial charge in [-0.15, -0.1) is 0 Å². The van der Waals surface area contributed by atoms with E-state index >= 15 is 0 Å². The molecule has 12 heavy (non-hydrogen) atoms. The minimum absolute atomic E-state index is 0.0764. The maximum absolute atomic E-state index is 10.3. The summed E-state index contributed by atoms with van der Waals surface area (Å²) in [5.41, 5.74) is 4.96. The second kappa shape index (κ2) is 3.13. The monoisotopic (exact) mass is 187 g/mol. The lowest BCUT2D eigenvalue weighted by molar-refractivity contribution is -0.479. The van der Waals surface area contributed by atoms with Crippen LogP contribution in [0.25, 0.3) is 0 Å². The molecular weight excluding hydrogens is 182 g/mol. The fourth-order valence-corrected chi connectivity index (χ4v) is 1.21. The van der Waals surface area contributed by atoms with Crippen LogP contribution in [-0.4, -0.2) is 16.0 Å². The first-order valence-electron chi connectivity index (χ1n) is 2.81. The SMILES string of the molecule is N=C(N)N(c1nccs1)[N+](=O)[O-]. The van der Waals surface area contributed by atoms with E-state index < -0.39 is 11.0 Å². The number of anilines is 1. The van der Waals surface area contributed by atoms with Crippen LogP contribution >= 0.6 is 11.3 Å². The summed E-state index contributed by atoms with van der Waals surface area (Å²) in [6, 6.07) is 0. The van der Waals surface area contributed by atoms with Crippen molar-refractivity contribution in [3.05, 3.63) is 21.7 Å². The molecule has 0 saturated heterocycles. The number of nitrogens with one attached hydrogen (secondary N) is 1. The van der Waals surface area contributed by atoms with Crippen LogP contribution in [0.1, 0.15) is 0 Å². The molecule has 0 aromatic carbocycles. The first-order valence-corrected chi connectivity index (χ1v) is 3.69. The van der Waals surface area contributed by atoms with Gasteiger partial charge in [-0.1, -0.05) is 11.3 Å².